The van der Waals surface area contributed by atoms with Crippen molar-refractivity contribution in [3.63, 3.8) is 0 Å². The highest BCUT2D eigenvalue weighted by Crippen LogP contribution is 2.36. The molecule has 9 nitrogen and oxygen atoms in total. The van der Waals surface area contributed by atoms with Gasteiger partial charge in [0.25, 0.3) is 0 Å². The standard InChI is InChI=1S/C17H18N6O3/c18-7-5-15(12-3-1-2-4-12)20-9-13(10-23(20)26)16-14-6-8-19-17(14)22(25)11-21(16)24/h6,8-12,15,19H,1-5H2. The molecule has 0 spiro atoms. The molecule has 1 aliphatic rings. The smallest absolute Gasteiger partial charge is 0.356 e. The summed E-state index contributed by atoms with van der Waals surface area (Å²) in [5.41, 5.74) is 0.904. The second kappa shape index (κ2) is 6.22. The number of hydrogen-bond donors (Lipinski definition) is 1. The fourth-order valence-electron chi connectivity index (χ4n) is 4.04. The minimum absolute atomic E-state index is 0.219. The van der Waals surface area contributed by atoms with E-state index in [4.69, 9.17) is 0 Å². The molecule has 9 heteroatoms. The van der Waals surface area contributed by atoms with Crippen molar-refractivity contribution < 1.29 is 14.3 Å². The lowest BCUT2D eigenvalue weighted by atomic mass is 9.96. The number of rotatable bonds is 4. The van der Waals surface area contributed by atoms with Gasteiger partial charge in [-0.3, -0.25) is 0 Å². The molecule has 134 valence electrons. The Balaban J connectivity index is 1.82. The van der Waals surface area contributed by atoms with E-state index in [1.165, 1.54) is 10.9 Å². The Kier molecular flexibility index (Phi) is 3.88. The average molecular weight is 354 g/mol. The number of nitriles is 1. The minimum atomic E-state index is -0.219. The van der Waals surface area contributed by atoms with Crippen molar-refractivity contribution in [1.82, 2.24) is 9.67 Å². The Bertz CT molecular complexity index is 996. The molecular formula is C17H18N6O3. The zero-order valence-electron chi connectivity index (χ0n) is 14.0. The summed E-state index contributed by atoms with van der Waals surface area (Å²) in [6.45, 7) is 0. The molecule has 1 saturated carbocycles. The lowest BCUT2D eigenvalue weighted by molar-refractivity contribution is -0.725. The van der Waals surface area contributed by atoms with Gasteiger partial charge in [0, 0.05) is 6.07 Å². The molecule has 1 aliphatic carbocycles. The first-order chi connectivity index (χ1) is 12.6. The summed E-state index contributed by atoms with van der Waals surface area (Å²) >= 11 is 0. The zero-order chi connectivity index (χ0) is 18.3. The third kappa shape index (κ3) is 2.50. The molecule has 0 amide bonds. The number of H-pyrrole nitrogens is 1. The van der Waals surface area contributed by atoms with Gasteiger partial charge in [-0.2, -0.15) is 14.7 Å². The number of aromatic amines is 1. The third-order valence-electron chi connectivity index (χ3n) is 5.24. The molecule has 26 heavy (non-hydrogen) atoms. The minimum Gasteiger partial charge on any atom is -0.679 e. The summed E-state index contributed by atoms with van der Waals surface area (Å²) in [6, 6.07) is 3.58. The predicted octanol–water partition coefficient (Wildman–Crippen LogP) is 1.18. The highest BCUT2D eigenvalue weighted by atomic mass is 16.5. The van der Waals surface area contributed by atoms with E-state index < -0.39 is 0 Å². The van der Waals surface area contributed by atoms with Crippen LogP contribution >= 0.6 is 0 Å². The van der Waals surface area contributed by atoms with Gasteiger partial charge in [-0.05, 0) is 18.8 Å². The second-order valence-corrected chi connectivity index (χ2v) is 6.73. The van der Waals surface area contributed by atoms with Gasteiger partial charge in [0.05, 0.1) is 18.7 Å². The fraction of sp³-hybridized carbons (Fsp3) is 0.412. The van der Waals surface area contributed by atoms with E-state index in [9.17, 15) is 20.9 Å². The van der Waals surface area contributed by atoms with Gasteiger partial charge in [-0.25, -0.2) is 4.98 Å². The van der Waals surface area contributed by atoms with Crippen LogP contribution in [0.15, 0.2) is 31.0 Å². The van der Waals surface area contributed by atoms with Crippen LogP contribution < -0.4 is 14.3 Å². The summed E-state index contributed by atoms with van der Waals surface area (Å²) in [7, 11) is 0. The molecule has 0 bridgehead atoms. The van der Waals surface area contributed by atoms with Gasteiger partial charge < -0.3 is 15.6 Å². The second-order valence-electron chi connectivity index (χ2n) is 6.73. The number of aromatic nitrogens is 5. The molecule has 1 N–H and O–H groups in total. The number of nitrogens with zero attached hydrogens (tertiary/aromatic N) is 5. The van der Waals surface area contributed by atoms with Crippen LogP contribution in [-0.2, 0) is 0 Å². The molecule has 3 heterocycles. The van der Waals surface area contributed by atoms with E-state index in [2.05, 4.69) is 11.1 Å². The quantitative estimate of drug-likeness (QED) is 0.558. The lowest BCUT2D eigenvalue weighted by Gasteiger charge is -2.20. The molecule has 1 fully saturated rings. The highest BCUT2D eigenvalue weighted by Gasteiger charge is 2.32. The first-order valence-electron chi connectivity index (χ1n) is 8.61. The van der Waals surface area contributed by atoms with Crippen LogP contribution in [0.1, 0.15) is 38.1 Å². The van der Waals surface area contributed by atoms with E-state index in [1.807, 2.05) is 0 Å². The maximum absolute atomic E-state index is 12.5. The van der Waals surface area contributed by atoms with Crippen molar-refractivity contribution in [3.8, 4) is 17.3 Å². The van der Waals surface area contributed by atoms with E-state index in [1.54, 1.807) is 18.5 Å². The third-order valence-corrected chi connectivity index (χ3v) is 5.24. The monoisotopic (exact) mass is 354 g/mol. The van der Waals surface area contributed by atoms with Crippen LogP contribution in [0, 0.1) is 32.9 Å². The molecule has 0 radical (unpaired) electrons. The van der Waals surface area contributed by atoms with Crippen LogP contribution in [0.25, 0.3) is 22.3 Å². The van der Waals surface area contributed by atoms with Gasteiger partial charge >= 0.3 is 12.0 Å². The maximum Gasteiger partial charge on any atom is 0.356 e. The molecular weight excluding hydrogens is 336 g/mol. The van der Waals surface area contributed by atoms with Crippen molar-refractivity contribution in [2.75, 3.05) is 0 Å². The van der Waals surface area contributed by atoms with Gasteiger partial charge in [-0.15, -0.1) is 4.68 Å². The Morgan fingerprint density at radius 3 is 2.77 bits per heavy atom. The maximum atomic E-state index is 12.5. The molecule has 0 aliphatic heterocycles. The van der Waals surface area contributed by atoms with Crippen LogP contribution in [0.3, 0.4) is 0 Å². The summed E-state index contributed by atoms with van der Waals surface area (Å²) in [4.78, 5) is 3.48. The van der Waals surface area contributed by atoms with E-state index >= 15 is 0 Å². The van der Waals surface area contributed by atoms with Crippen LogP contribution in [0.2, 0.25) is 0 Å². The van der Waals surface area contributed by atoms with Crippen molar-refractivity contribution in [1.29, 1.82) is 5.26 Å². The van der Waals surface area contributed by atoms with Crippen molar-refractivity contribution in [3.05, 3.63) is 46.6 Å². The number of hydrogen-bond acceptors (Lipinski definition) is 4. The van der Waals surface area contributed by atoms with Crippen LogP contribution in [0.4, 0.5) is 0 Å². The Labute approximate surface area is 149 Å². The molecule has 0 aromatic carbocycles. The van der Waals surface area contributed by atoms with Gasteiger partial charge in [0.1, 0.15) is 23.2 Å². The summed E-state index contributed by atoms with van der Waals surface area (Å²) in [6.07, 6.45) is 9.82. The Morgan fingerprint density at radius 2 is 2.04 bits per heavy atom. The Morgan fingerprint density at radius 1 is 1.27 bits per heavy atom. The van der Waals surface area contributed by atoms with E-state index in [-0.39, 0.29) is 29.7 Å². The largest absolute Gasteiger partial charge is 0.679 e. The molecule has 3 aromatic heterocycles. The summed E-state index contributed by atoms with van der Waals surface area (Å²) < 4.78 is 2.44. The van der Waals surface area contributed by atoms with Crippen LogP contribution in [-0.4, -0.2) is 9.67 Å². The van der Waals surface area contributed by atoms with Gasteiger partial charge in [0.15, 0.2) is 5.69 Å². The number of nitrogens with one attached hydrogen (secondary N) is 1. The number of fused-ring (bicyclic) bond motifs is 1. The van der Waals surface area contributed by atoms with Crippen molar-refractivity contribution in [2.45, 2.75) is 38.1 Å². The van der Waals surface area contributed by atoms with Crippen LogP contribution in [0.5, 0.6) is 0 Å². The molecule has 4 rings (SSSR count). The summed E-state index contributed by atoms with van der Waals surface area (Å²) in [5.74, 6) is 0.279. The SMILES string of the molecule is N#CCC(C1CCCC1)n1cc(-c2c3cc[nH]c3[n+]([O-])c[n+]2[O-])c[n+]1[O-]. The van der Waals surface area contributed by atoms with Gasteiger partial charge in [-0.1, -0.05) is 17.7 Å². The van der Waals surface area contributed by atoms with E-state index in [0.29, 0.717) is 25.3 Å². The Hall–Kier alpha value is -3.28. The predicted molar refractivity (Wildman–Crippen MR) is 89.8 cm³/mol. The first-order valence-corrected chi connectivity index (χ1v) is 8.61. The van der Waals surface area contributed by atoms with Gasteiger partial charge in [0.2, 0.25) is 6.20 Å². The average Bonchev–Trinajstić information content (AvgIpc) is 3.34. The summed E-state index contributed by atoms with van der Waals surface area (Å²) in [5, 5.41) is 46.3. The molecule has 3 aromatic rings. The van der Waals surface area contributed by atoms with Crippen molar-refractivity contribution >= 4 is 11.0 Å². The lowest BCUT2D eigenvalue weighted by Crippen LogP contribution is -2.42. The topological polar surface area (TPSA) is 125 Å². The molecule has 1 unspecified atom stereocenters. The normalized spacial score (nSPS) is 16.1. The zero-order valence-corrected chi connectivity index (χ0v) is 14.0. The fourth-order valence-corrected chi connectivity index (χ4v) is 4.04. The molecule has 1 atom stereocenters. The first kappa shape index (κ1) is 16.2. The highest BCUT2D eigenvalue weighted by molar-refractivity contribution is 5.86. The van der Waals surface area contributed by atoms with E-state index in [0.717, 1.165) is 32.0 Å². The molecule has 0 saturated heterocycles. The van der Waals surface area contributed by atoms with Crippen molar-refractivity contribution in [2.24, 2.45) is 5.92 Å².